The number of hydrogen-bond donors (Lipinski definition) is 2. The maximum absolute atomic E-state index is 12.1. The molecule has 0 aromatic heterocycles. The van der Waals surface area contributed by atoms with E-state index in [1.54, 1.807) is 18.2 Å². The first-order chi connectivity index (χ1) is 10.0. The number of carbonyl (C=O) groups is 2. The van der Waals surface area contributed by atoms with Gasteiger partial charge in [-0.1, -0.05) is 18.2 Å². The zero-order valence-electron chi connectivity index (χ0n) is 11.2. The smallest absolute Gasteiger partial charge is 0.303 e. The Morgan fingerprint density at radius 2 is 1.81 bits per heavy atom. The Labute approximate surface area is 136 Å². The average molecular weight is 395 g/mol. The number of anilines is 1. The van der Waals surface area contributed by atoms with Crippen LogP contribution in [0.15, 0.2) is 48.5 Å². The first kappa shape index (κ1) is 15.5. The number of aryl methyl sites for hydroxylation is 1. The Kier molecular flexibility index (Phi) is 5.32. The Morgan fingerprint density at radius 3 is 2.43 bits per heavy atom. The third kappa shape index (κ3) is 4.86. The third-order valence-electron chi connectivity index (χ3n) is 2.93. The van der Waals surface area contributed by atoms with Gasteiger partial charge in [-0.3, -0.25) is 9.59 Å². The van der Waals surface area contributed by atoms with Gasteiger partial charge in [-0.15, -0.1) is 0 Å². The molecule has 1 amide bonds. The van der Waals surface area contributed by atoms with Crippen molar-refractivity contribution in [3.8, 4) is 0 Å². The molecule has 0 spiro atoms. The van der Waals surface area contributed by atoms with Crippen LogP contribution < -0.4 is 5.32 Å². The van der Waals surface area contributed by atoms with Gasteiger partial charge in [0.2, 0.25) is 0 Å². The first-order valence-electron chi connectivity index (χ1n) is 6.42. The normalized spacial score (nSPS) is 10.1. The molecule has 4 nitrogen and oxygen atoms in total. The monoisotopic (exact) mass is 395 g/mol. The van der Waals surface area contributed by atoms with Crippen LogP contribution in [0.2, 0.25) is 0 Å². The first-order valence-corrected chi connectivity index (χ1v) is 7.50. The van der Waals surface area contributed by atoms with E-state index in [-0.39, 0.29) is 12.3 Å². The highest BCUT2D eigenvalue weighted by Gasteiger charge is 2.06. The Hall–Kier alpha value is -1.89. The van der Waals surface area contributed by atoms with Gasteiger partial charge in [-0.2, -0.15) is 0 Å². The van der Waals surface area contributed by atoms with Crippen LogP contribution in [0.4, 0.5) is 5.69 Å². The number of amides is 1. The van der Waals surface area contributed by atoms with Gasteiger partial charge in [0.05, 0.1) is 0 Å². The summed E-state index contributed by atoms with van der Waals surface area (Å²) in [5, 5.41) is 11.5. The van der Waals surface area contributed by atoms with Gasteiger partial charge in [-0.25, -0.2) is 0 Å². The van der Waals surface area contributed by atoms with Crippen molar-refractivity contribution in [3.05, 3.63) is 63.2 Å². The van der Waals surface area contributed by atoms with E-state index in [1.807, 2.05) is 30.3 Å². The van der Waals surface area contributed by atoms with E-state index in [0.29, 0.717) is 17.7 Å². The lowest BCUT2D eigenvalue weighted by Gasteiger charge is -2.06. The van der Waals surface area contributed by atoms with Crippen molar-refractivity contribution in [2.45, 2.75) is 12.8 Å². The van der Waals surface area contributed by atoms with Crippen LogP contribution in [0.1, 0.15) is 22.3 Å². The van der Waals surface area contributed by atoms with Crippen molar-refractivity contribution in [3.63, 3.8) is 0 Å². The Morgan fingerprint density at radius 1 is 1.10 bits per heavy atom. The number of halogens is 1. The summed E-state index contributed by atoms with van der Waals surface area (Å²) < 4.78 is 1.00. The summed E-state index contributed by atoms with van der Waals surface area (Å²) in [4.78, 5) is 22.6. The lowest BCUT2D eigenvalue weighted by Crippen LogP contribution is -2.11. The van der Waals surface area contributed by atoms with Crippen molar-refractivity contribution in [2.75, 3.05) is 5.32 Å². The summed E-state index contributed by atoms with van der Waals surface area (Å²) in [6.45, 7) is 0. The summed E-state index contributed by atoms with van der Waals surface area (Å²) in [5.74, 6) is -0.974. The molecular formula is C16H14INO3. The third-order valence-corrected chi connectivity index (χ3v) is 3.60. The van der Waals surface area contributed by atoms with Crippen molar-refractivity contribution >= 4 is 40.2 Å². The number of aliphatic carboxylic acids is 1. The largest absolute Gasteiger partial charge is 0.481 e. The predicted octanol–water partition coefficient (Wildman–Crippen LogP) is 3.56. The van der Waals surface area contributed by atoms with Gasteiger partial charge in [0.1, 0.15) is 0 Å². The van der Waals surface area contributed by atoms with E-state index >= 15 is 0 Å². The van der Waals surface area contributed by atoms with Crippen LogP contribution in [0.3, 0.4) is 0 Å². The molecule has 5 heteroatoms. The molecule has 0 radical (unpaired) electrons. The van der Waals surface area contributed by atoms with Gasteiger partial charge in [0.15, 0.2) is 0 Å². The molecule has 0 bridgehead atoms. The van der Waals surface area contributed by atoms with E-state index in [4.69, 9.17) is 5.11 Å². The molecule has 0 unspecified atom stereocenters. The molecule has 0 fully saturated rings. The number of carbonyl (C=O) groups excluding carboxylic acids is 1. The predicted molar refractivity (Wildman–Crippen MR) is 89.5 cm³/mol. The minimum Gasteiger partial charge on any atom is -0.481 e. The van der Waals surface area contributed by atoms with Crippen molar-refractivity contribution in [2.24, 2.45) is 0 Å². The molecule has 0 aliphatic carbocycles. The minimum atomic E-state index is -0.814. The highest BCUT2D eigenvalue weighted by molar-refractivity contribution is 14.1. The maximum atomic E-state index is 12.1. The molecule has 0 aliphatic heterocycles. The highest BCUT2D eigenvalue weighted by Crippen LogP contribution is 2.14. The van der Waals surface area contributed by atoms with Gasteiger partial charge in [0, 0.05) is 21.2 Å². The van der Waals surface area contributed by atoms with E-state index in [9.17, 15) is 9.59 Å². The molecule has 2 aromatic rings. The number of hydrogen-bond acceptors (Lipinski definition) is 2. The lowest BCUT2D eigenvalue weighted by molar-refractivity contribution is -0.136. The molecule has 108 valence electrons. The van der Waals surface area contributed by atoms with E-state index in [1.165, 1.54) is 0 Å². The fraction of sp³-hybridized carbons (Fsp3) is 0.125. The van der Waals surface area contributed by atoms with Crippen LogP contribution in [-0.4, -0.2) is 17.0 Å². The standard InChI is InChI=1S/C16H14INO3/c17-13-3-1-2-12(10-13)16(21)18-14-7-4-11(5-8-14)6-9-15(19)20/h1-5,7-8,10H,6,9H2,(H,18,21)(H,19,20). The molecule has 0 atom stereocenters. The lowest BCUT2D eigenvalue weighted by atomic mass is 10.1. The number of carboxylic acid groups (broad SMARTS) is 1. The molecule has 0 saturated carbocycles. The fourth-order valence-electron chi connectivity index (χ4n) is 1.84. The SMILES string of the molecule is O=C(O)CCc1ccc(NC(=O)c2cccc(I)c2)cc1. The van der Waals surface area contributed by atoms with Crippen LogP contribution in [0.5, 0.6) is 0 Å². The van der Waals surface area contributed by atoms with Crippen LogP contribution in [0.25, 0.3) is 0 Å². The Bertz CT molecular complexity index is 653. The fourth-order valence-corrected chi connectivity index (χ4v) is 2.38. The molecule has 2 N–H and O–H groups in total. The van der Waals surface area contributed by atoms with E-state index in [2.05, 4.69) is 27.9 Å². The van der Waals surface area contributed by atoms with Gasteiger partial charge < -0.3 is 10.4 Å². The molecule has 0 aliphatic rings. The number of carboxylic acids is 1. The molecule has 0 heterocycles. The maximum Gasteiger partial charge on any atom is 0.303 e. The van der Waals surface area contributed by atoms with Crippen LogP contribution in [-0.2, 0) is 11.2 Å². The molecule has 2 rings (SSSR count). The highest BCUT2D eigenvalue weighted by atomic mass is 127. The minimum absolute atomic E-state index is 0.105. The van der Waals surface area contributed by atoms with E-state index < -0.39 is 5.97 Å². The molecule has 0 saturated heterocycles. The van der Waals surface area contributed by atoms with Gasteiger partial charge >= 0.3 is 5.97 Å². The zero-order chi connectivity index (χ0) is 15.2. The second-order valence-corrected chi connectivity index (χ2v) is 5.80. The van der Waals surface area contributed by atoms with Crippen LogP contribution >= 0.6 is 22.6 Å². The van der Waals surface area contributed by atoms with Gasteiger partial charge in [-0.05, 0) is 64.9 Å². The average Bonchev–Trinajstić information content (AvgIpc) is 2.46. The summed E-state index contributed by atoms with van der Waals surface area (Å²) in [5.41, 5.74) is 2.24. The molecule has 2 aromatic carbocycles. The van der Waals surface area contributed by atoms with E-state index in [0.717, 1.165) is 9.13 Å². The number of rotatable bonds is 5. The number of benzene rings is 2. The van der Waals surface area contributed by atoms with Crippen molar-refractivity contribution < 1.29 is 14.7 Å². The summed E-state index contributed by atoms with van der Waals surface area (Å²) in [7, 11) is 0. The summed E-state index contributed by atoms with van der Waals surface area (Å²) in [6.07, 6.45) is 0.592. The topological polar surface area (TPSA) is 66.4 Å². The quantitative estimate of drug-likeness (QED) is 0.761. The second kappa shape index (κ2) is 7.21. The van der Waals surface area contributed by atoms with Gasteiger partial charge in [0.25, 0.3) is 5.91 Å². The van der Waals surface area contributed by atoms with Crippen LogP contribution in [0, 0.1) is 3.57 Å². The number of nitrogens with one attached hydrogen (secondary N) is 1. The summed E-state index contributed by atoms with van der Waals surface area (Å²) in [6, 6.07) is 14.6. The van der Waals surface area contributed by atoms with Crippen molar-refractivity contribution in [1.29, 1.82) is 0 Å². The van der Waals surface area contributed by atoms with Crippen molar-refractivity contribution in [1.82, 2.24) is 0 Å². The summed E-state index contributed by atoms with van der Waals surface area (Å²) >= 11 is 2.16. The Balaban J connectivity index is 2.00. The second-order valence-electron chi connectivity index (χ2n) is 4.56. The molecule has 21 heavy (non-hydrogen) atoms. The molecular weight excluding hydrogens is 381 g/mol. The zero-order valence-corrected chi connectivity index (χ0v) is 13.3.